The summed E-state index contributed by atoms with van der Waals surface area (Å²) in [5.41, 5.74) is 1.14. The zero-order chi connectivity index (χ0) is 35.0. The topological polar surface area (TPSA) is 142 Å². The molecule has 0 spiro atoms. The molecule has 13 heteroatoms. The van der Waals surface area contributed by atoms with Gasteiger partial charge in [-0.05, 0) is 78.9 Å². The molecular weight excluding hydrogens is 678 g/mol. The van der Waals surface area contributed by atoms with E-state index >= 15 is 0 Å². The molecule has 10 nitrogen and oxygen atoms in total. The van der Waals surface area contributed by atoms with Crippen LogP contribution < -0.4 is 14.5 Å². The summed E-state index contributed by atoms with van der Waals surface area (Å²) in [7, 11) is 1.39. The van der Waals surface area contributed by atoms with Crippen LogP contribution in [0.5, 0.6) is 11.5 Å². The second-order valence-electron chi connectivity index (χ2n) is 12.5. The van der Waals surface area contributed by atoms with Gasteiger partial charge < -0.3 is 14.9 Å². The molecule has 3 fully saturated rings. The summed E-state index contributed by atoms with van der Waals surface area (Å²) in [6.45, 7) is 0. The van der Waals surface area contributed by atoms with E-state index in [-0.39, 0.29) is 41.3 Å². The van der Waals surface area contributed by atoms with Gasteiger partial charge in [-0.15, -0.1) is 23.2 Å². The van der Waals surface area contributed by atoms with Crippen LogP contribution >= 0.6 is 23.2 Å². The Morgan fingerprint density at radius 2 is 1.67 bits per heavy atom. The van der Waals surface area contributed by atoms with Gasteiger partial charge in [0.05, 0.1) is 35.9 Å². The fourth-order valence-electron chi connectivity index (χ4n) is 7.68. The molecule has 2 saturated heterocycles. The average molecular weight is 706 g/mol. The molecule has 6 atom stereocenters. The van der Waals surface area contributed by atoms with Crippen molar-refractivity contribution < 1.29 is 43.3 Å². The second kappa shape index (κ2) is 11.6. The van der Waals surface area contributed by atoms with Crippen LogP contribution in [0.25, 0.3) is 6.08 Å². The zero-order valence-electron chi connectivity index (χ0n) is 25.7. The number of carboxylic acids is 1. The molecule has 3 aromatic rings. The number of amides is 4. The number of phenols is 1. The molecule has 49 heavy (non-hydrogen) atoms. The fraction of sp³-hybridized carbons (Fsp3) is 0.250. The number of benzene rings is 3. The number of allylic oxidation sites excluding steroid dienone is 3. The lowest BCUT2D eigenvalue weighted by atomic mass is 9.57. The van der Waals surface area contributed by atoms with Crippen LogP contribution in [0.4, 0.5) is 15.8 Å². The molecule has 6 unspecified atom stereocenters. The molecule has 2 heterocycles. The normalized spacial score (nSPS) is 29.2. The quantitative estimate of drug-likeness (QED) is 0.193. The van der Waals surface area contributed by atoms with Crippen LogP contribution in [-0.2, 0) is 19.2 Å². The number of alkyl halides is 2. The summed E-state index contributed by atoms with van der Waals surface area (Å²) in [6.07, 6.45) is 4.85. The van der Waals surface area contributed by atoms with Crippen LogP contribution in [0.15, 0.2) is 84.5 Å². The van der Waals surface area contributed by atoms with E-state index in [1.807, 2.05) is 0 Å². The van der Waals surface area contributed by atoms with Crippen LogP contribution in [0.3, 0.4) is 0 Å². The lowest BCUT2D eigenvalue weighted by Gasteiger charge is -2.49. The van der Waals surface area contributed by atoms with Gasteiger partial charge in [-0.3, -0.25) is 24.1 Å². The minimum Gasteiger partial charge on any atom is -0.504 e. The molecule has 4 aliphatic rings. The van der Waals surface area contributed by atoms with Gasteiger partial charge in [-0.1, -0.05) is 35.9 Å². The van der Waals surface area contributed by atoms with E-state index in [2.05, 4.69) is 0 Å². The van der Waals surface area contributed by atoms with Crippen molar-refractivity contribution in [3.8, 4) is 11.5 Å². The number of aromatic carboxylic acids is 1. The number of phenolic OH excluding ortho intramolecular Hbond substituents is 1. The Morgan fingerprint density at radius 1 is 0.939 bits per heavy atom. The predicted molar refractivity (Wildman–Crippen MR) is 177 cm³/mol. The zero-order valence-corrected chi connectivity index (χ0v) is 27.2. The smallest absolute Gasteiger partial charge is 0.335 e. The Labute approximate surface area is 289 Å². The maximum absolute atomic E-state index is 14.4. The molecule has 2 N–H and O–H groups in total. The third-order valence-corrected chi connectivity index (χ3v) is 11.4. The van der Waals surface area contributed by atoms with Crippen molar-refractivity contribution in [3.05, 3.63) is 101 Å². The highest BCUT2D eigenvalue weighted by atomic mass is 35.5. The summed E-state index contributed by atoms with van der Waals surface area (Å²) in [5, 5.41) is 19.6. The van der Waals surface area contributed by atoms with Crippen molar-refractivity contribution in [1.82, 2.24) is 0 Å². The molecule has 1 saturated carbocycles. The monoisotopic (exact) mass is 704 g/mol. The summed E-state index contributed by atoms with van der Waals surface area (Å²) in [6, 6.07) is 14.8. The first-order chi connectivity index (χ1) is 23.3. The standard InChI is InChI=1S/C36H27Cl2FN2O8/c1-49-28-15-18(6-14-27(28)42)5-13-26-23-11-12-24-29(31(44)40(30(24)43)22-4-2-3-19(16-22)32(45)46)25(23)17-35(37)33(47)41(34(48)36(26,35)38)21-9-7-20(39)8-10-21/h2-11,13-16,24-26,29,42H,12,17H2,1H3,(H,45,46). The predicted octanol–water partition coefficient (Wildman–Crippen LogP) is 5.55. The lowest BCUT2D eigenvalue weighted by Crippen LogP contribution is -2.60. The summed E-state index contributed by atoms with van der Waals surface area (Å²) < 4.78 is 19.1. The number of hydrogen-bond donors (Lipinski definition) is 2. The van der Waals surface area contributed by atoms with E-state index in [0.29, 0.717) is 11.1 Å². The number of fused-ring (bicyclic) bond motifs is 4. The Bertz CT molecular complexity index is 2030. The summed E-state index contributed by atoms with van der Waals surface area (Å²) in [5.74, 6) is -8.25. The van der Waals surface area contributed by atoms with Crippen LogP contribution in [-0.4, -0.2) is 56.7 Å². The van der Waals surface area contributed by atoms with Crippen molar-refractivity contribution in [2.24, 2.45) is 23.7 Å². The summed E-state index contributed by atoms with van der Waals surface area (Å²) >= 11 is 14.6. The second-order valence-corrected chi connectivity index (χ2v) is 13.7. The maximum Gasteiger partial charge on any atom is 0.335 e. The minimum absolute atomic E-state index is 0.0586. The Morgan fingerprint density at radius 3 is 2.37 bits per heavy atom. The highest BCUT2D eigenvalue weighted by Crippen LogP contribution is 2.63. The minimum atomic E-state index is -2.11. The van der Waals surface area contributed by atoms with Gasteiger partial charge in [0, 0.05) is 5.92 Å². The van der Waals surface area contributed by atoms with E-state index in [9.17, 15) is 38.6 Å². The molecule has 7 rings (SSSR count). The number of carbonyl (C=O) groups excluding carboxylic acids is 4. The third kappa shape index (κ3) is 4.70. The maximum atomic E-state index is 14.4. The third-order valence-electron chi connectivity index (χ3n) is 9.99. The van der Waals surface area contributed by atoms with Gasteiger partial charge in [-0.25, -0.2) is 14.1 Å². The highest BCUT2D eigenvalue weighted by Gasteiger charge is 2.76. The van der Waals surface area contributed by atoms with Crippen LogP contribution in [0.2, 0.25) is 0 Å². The first-order valence-corrected chi connectivity index (χ1v) is 16.1. The van der Waals surface area contributed by atoms with Crippen LogP contribution in [0, 0.1) is 29.5 Å². The highest BCUT2D eigenvalue weighted by molar-refractivity contribution is 6.58. The Balaban J connectivity index is 1.35. The first-order valence-electron chi connectivity index (χ1n) is 15.3. The fourth-order valence-corrected chi connectivity index (χ4v) is 8.58. The van der Waals surface area contributed by atoms with Gasteiger partial charge in [0.25, 0.3) is 11.8 Å². The number of anilines is 2. The van der Waals surface area contributed by atoms with Crippen molar-refractivity contribution in [2.75, 3.05) is 16.9 Å². The molecular formula is C36H27Cl2FN2O8. The molecule has 0 bridgehead atoms. The molecule has 0 aromatic heterocycles. The average Bonchev–Trinajstić information content (AvgIpc) is 3.43. The van der Waals surface area contributed by atoms with Gasteiger partial charge in [-0.2, -0.15) is 0 Å². The van der Waals surface area contributed by atoms with Gasteiger partial charge in [0.1, 0.15) is 5.82 Å². The molecule has 0 radical (unpaired) electrons. The molecule has 3 aromatic carbocycles. The van der Waals surface area contributed by atoms with E-state index in [4.69, 9.17) is 27.9 Å². The number of hydrogen-bond acceptors (Lipinski definition) is 7. The van der Waals surface area contributed by atoms with Gasteiger partial charge in [0.2, 0.25) is 11.8 Å². The summed E-state index contributed by atoms with van der Waals surface area (Å²) in [4.78, 5) is 66.0. The number of aromatic hydroxyl groups is 1. The van der Waals surface area contributed by atoms with E-state index < -0.39 is 68.8 Å². The van der Waals surface area contributed by atoms with E-state index in [1.165, 1.54) is 49.6 Å². The van der Waals surface area contributed by atoms with Crippen molar-refractivity contribution in [2.45, 2.75) is 22.6 Å². The number of rotatable bonds is 6. The largest absolute Gasteiger partial charge is 0.504 e. The SMILES string of the molecule is COc1cc(C=CC2C3=CCC4C(=O)N(c5cccc(C(=O)O)c5)C(=O)C4C3CC3(Cl)C(=O)N(c4ccc(F)cc4)C(=O)C23Cl)ccc1O. The number of carbonyl (C=O) groups is 5. The number of carboxylic acid groups (broad SMARTS) is 1. The number of nitrogens with zero attached hydrogens (tertiary/aromatic N) is 2. The van der Waals surface area contributed by atoms with E-state index in [0.717, 1.165) is 21.9 Å². The van der Waals surface area contributed by atoms with Crippen molar-refractivity contribution >= 4 is 70.3 Å². The van der Waals surface area contributed by atoms with Crippen molar-refractivity contribution in [3.63, 3.8) is 0 Å². The lowest BCUT2D eigenvalue weighted by molar-refractivity contribution is -0.125. The van der Waals surface area contributed by atoms with E-state index in [1.54, 1.807) is 30.4 Å². The number of halogens is 3. The first kappa shape index (κ1) is 32.5. The number of imide groups is 2. The molecule has 4 amide bonds. The van der Waals surface area contributed by atoms with Crippen LogP contribution in [0.1, 0.15) is 28.8 Å². The van der Waals surface area contributed by atoms with Gasteiger partial charge in [0.15, 0.2) is 21.2 Å². The number of methoxy groups -OCH3 is 1. The molecule has 2 aliphatic heterocycles. The molecule has 2 aliphatic carbocycles. The Hall–Kier alpha value is -5.00. The Kier molecular flexibility index (Phi) is 7.68. The molecule has 250 valence electrons. The van der Waals surface area contributed by atoms with Crippen molar-refractivity contribution in [1.29, 1.82) is 0 Å². The number of ether oxygens (including phenoxy) is 1. The van der Waals surface area contributed by atoms with Gasteiger partial charge >= 0.3 is 5.97 Å².